The summed E-state index contributed by atoms with van der Waals surface area (Å²) in [6, 6.07) is 4.51. The summed E-state index contributed by atoms with van der Waals surface area (Å²) in [4.78, 5) is 14.4. The minimum atomic E-state index is -3.04. The summed E-state index contributed by atoms with van der Waals surface area (Å²) < 4.78 is 34.9. The Bertz CT molecular complexity index is 578. The number of alkyl halides is 2. The topological polar surface area (TPSA) is 64.8 Å². The van der Waals surface area contributed by atoms with Gasteiger partial charge in [-0.1, -0.05) is 19.9 Å². The average molecular weight is 328 g/mol. The highest BCUT2D eigenvalue weighted by molar-refractivity contribution is 5.98. The van der Waals surface area contributed by atoms with Crippen molar-refractivity contribution in [1.82, 2.24) is 4.90 Å². The Morgan fingerprint density at radius 2 is 2.13 bits per heavy atom. The zero-order chi connectivity index (χ0) is 17.2. The van der Waals surface area contributed by atoms with Gasteiger partial charge in [-0.3, -0.25) is 4.79 Å². The predicted molar refractivity (Wildman–Crippen MR) is 81.9 cm³/mol. The number of halogens is 2. The smallest absolute Gasteiger partial charge is 0.387 e. The van der Waals surface area contributed by atoms with Crippen LogP contribution in [0.4, 0.5) is 8.78 Å². The number of hydrogen-bond acceptors (Lipinski definition) is 4. The molecule has 1 atom stereocenters. The van der Waals surface area contributed by atoms with Crippen molar-refractivity contribution in [2.75, 3.05) is 20.2 Å². The number of benzene rings is 1. The normalized spacial score (nSPS) is 20.5. The maximum atomic E-state index is 12.8. The molecule has 2 rings (SSSR count). The lowest BCUT2D eigenvalue weighted by Crippen LogP contribution is -2.54. The van der Waals surface area contributed by atoms with Gasteiger partial charge in [0.05, 0.1) is 12.7 Å². The van der Waals surface area contributed by atoms with E-state index in [-0.39, 0.29) is 34.4 Å². The van der Waals surface area contributed by atoms with Crippen molar-refractivity contribution in [3.05, 3.63) is 23.8 Å². The van der Waals surface area contributed by atoms with Crippen LogP contribution in [0.15, 0.2) is 18.2 Å². The third-order valence-electron chi connectivity index (χ3n) is 4.24. The van der Waals surface area contributed by atoms with Crippen molar-refractivity contribution in [3.63, 3.8) is 0 Å². The first-order valence-corrected chi connectivity index (χ1v) is 7.43. The predicted octanol–water partition coefficient (Wildman–Crippen LogP) is 2.50. The van der Waals surface area contributed by atoms with E-state index in [1.165, 1.54) is 19.2 Å². The van der Waals surface area contributed by atoms with E-state index < -0.39 is 6.61 Å². The quantitative estimate of drug-likeness (QED) is 0.922. The Hall–Kier alpha value is -1.89. The summed E-state index contributed by atoms with van der Waals surface area (Å²) in [6.45, 7) is 1.87. The van der Waals surface area contributed by atoms with Crippen LogP contribution in [0.2, 0.25) is 0 Å². The van der Waals surface area contributed by atoms with Crippen LogP contribution in [0.25, 0.3) is 0 Å². The van der Waals surface area contributed by atoms with Crippen molar-refractivity contribution in [2.45, 2.75) is 32.9 Å². The number of likely N-dealkylation sites (tertiary alicyclic amines) is 1. The van der Waals surface area contributed by atoms with Crippen LogP contribution >= 0.6 is 0 Å². The molecule has 23 heavy (non-hydrogen) atoms. The lowest BCUT2D eigenvalue weighted by molar-refractivity contribution is -0.0517. The highest BCUT2D eigenvalue weighted by Gasteiger charge is 2.36. The highest BCUT2D eigenvalue weighted by atomic mass is 19.3. The number of rotatable bonds is 4. The molecule has 1 unspecified atom stereocenters. The van der Waals surface area contributed by atoms with E-state index in [0.29, 0.717) is 19.5 Å². The molecule has 1 saturated heterocycles. The summed E-state index contributed by atoms with van der Waals surface area (Å²) in [6.07, 6.45) is 0.660. The molecule has 1 heterocycles. The Kier molecular flexibility index (Phi) is 5.09. The van der Waals surface area contributed by atoms with Crippen LogP contribution < -0.4 is 15.2 Å². The maximum absolute atomic E-state index is 12.8. The molecular formula is C16H22F2N2O3. The van der Waals surface area contributed by atoms with E-state index in [9.17, 15) is 13.6 Å². The molecule has 0 saturated carbocycles. The molecule has 0 radical (unpaired) electrons. The number of piperidine rings is 1. The standard InChI is InChI=1S/C16H22F2N2O3/c1-16(2)9-20(8-7-12(16)19)14(21)10-5-4-6-11(22-3)13(10)23-15(17)18/h4-6,12,15H,7-9,19H2,1-3H3. The summed E-state index contributed by atoms with van der Waals surface area (Å²) in [5.41, 5.74) is 5.90. The van der Waals surface area contributed by atoms with Gasteiger partial charge in [0.25, 0.3) is 5.91 Å². The second-order valence-corrected chi connectivity index (χ2v) is 6.33. The summed E-state index contributed by atoms with van der Waals surface area (Å²) >= 11 is 0. The molecule has 1 aliphatic heterocycles. The van der Waals surface area contributed by atoms with Gasteiger partial charge in [-0.25, -0.2) is 0 Å². The fraction of sp³-hybridized carbons (Fsp3) is 0.562. The summed E-state index contributed by atoms with van der Waals surface area (Å²) in [5.74, 6) is -0.494. The molecule has 0 spiro atoms. The van der Waals surface area contributed by atoms with Gasteiger partial charge in [0.15, 0.2) is 11.5 Å². The van der Waals surface area contributed by atoms with Gasteiger partial charge in [0.1, 0.15) is 0 Å². The third kappa shape index (κ3) is 3.72. The van der Waals surface area contributed by atoms with E-state index in [1.54, 1.807) is 11.0 Å². The molecule has 1 aromatic rings. The Balaban J connectivity index is 2.32. The van der Waals surface area contributed by atoms with E-state index in [0.717, 1.165) is 0 Å². The van der Waals surface area contributed by atoms with Crippen LogP contribution in [0.5, 0.6) is 11.5 Å². The van der Waals surface area contributed by atoms with Gasteiger partial charge in [-0.05, 0) is 24.0 Å². The first-order chi connectivity index (χ1) is 10.8. The maximum Gasteiger partial charge on any atom is 0.387 e. The Labute approximate surface area is 134 Å². The van der Waals surface area contributed by atoms with Crippen LogP contribution in [-0.4, -0.2) is 43.7 Å². The second-order valence-electron chi connectivity index (χ2n) is 6.33. The van der Waals surface area contributed by atoms with E-state index in [1.807, 2.05) is 13.8 Å². The van der Waals surface area contributed by atoms with Gasteiger partial charge in [0.2, 0.25) is 0 Å². The first kappa shape index (κ1) is 17.5. The monoisotopic (exact) mass is 328 g/mol. The van der Waals surface area contributed by atoms with Crippen LogP contribution in [0.1, 0.15) is 30.6 Å². The number of nitrogens with two attached hydrogens (primary N) is 1. The van der Waals surface area contributed by atoms with Gasteiger partial charge in [0, 0.05) is 19.1 Å². The molecule has 1 aliphatic rings. The molecule has 2 N–H and O–H groups in total. The summed E-state index contributed by atoms with van der Waals surface area (Å²) in [7, 11) is 1.34. The number of nitrogens with zero attached hydrogens (tertiary/aromatic N) is 1. The molecule has 1 amide bonds. The van der Waals surface area contributed by atoms with Gasteiger partial charge >= 0.3 is 6.61 Å². The first-order valence-electron chi connectivity index (χ1n) is 7.43. The number of para-hydroxylation sites is 1. The fourth-order valence-corrected chi connectivity index (χ4v) is 2.77. The van der Waals surface area contributed by atoms with E-state index >= 15 is 0 Å². The van der Waals surface area contributed by atoms with E-state index in [2.05, 4.69) is 4.74 Å². The molecule has 0 aromatic heterocycles. The Morgan fingerprint density at radius 1 is 1.43 bits per heavy atom. The van der Waals surface area contributed by atoms with Crippen molar-refractivity contribution < 1.29 is 23.0 Å². The molecule has 128 valence electrons. The minimum Gasteiger partial charge on any atom is -0.493 e. The molecule has 0 aliphatic carbocycles. The fourth-order valence-electron chi connectivity index (χ4n) is 2.77. The zero-order valence-corrected chi connectivity index (χ0v) is 13.5. The van der Waals surface area contributed by atoms with Gasteiger partial charge < -0.3 is 20.1 Å². The summed E-state index contributed by atoms with van der Waals surface area (Å²) in [5, 5.41) is 0. The molecule has 0 bridgehead atoms. The highest BCUT2D eigenvalue weighted by Crippen LogP contribution is 2.35. The van der Waals surface area contributed by atoms with Crippen LogP contribution in [0.3, 0.4) is 0 Å². The van der Waals surface area contributed by atoms with Crippen molar-refractivity contribution in [1.29, 1.82) is 0 Å². The van der Waals surface area contributed by atoms with Gasteiger partial charge in [-0.2, -0.15) is 8.78 Å². The van der Waals surface area contributed by atoms with E-state index in [4.69, 9.17) is 10.5 Å². The number of carbonyl (C=O) groups is 1. The number of ether oxygens (including phenoxy) is 2. The van der Waals surface area contributed by atoms with Crippen LogP contribution in [-0.2, 0) is 0 Å². The third-order valence-corrected chi connectivity index (χ3v) is 4.24. The molecule has 1 aromatic carbocycles. The molecule has 5 nitrogen and oxygen atoms in total. The Morgan fingerprint density at radius 3 is 2.70 bits per heavy atom. The number of hydrogen-bond donors (Lipinski definition) is 1. The van der Waals surface area contributed by atoms with Crippen molar-refractivity contribution in [2.24, 2.45) is 11.1 Å². The zero-order valence-electron chi connectivity index (χ0n) is 13.5. The lowest BCUT2D eigenvalue weighted by Gasteiger charge is -2.42. The number of carbonyl (C=O) groups excluding carboxylic acids is 1. The largest absolute Gasteiger partial charge is 0.493 e. The van der Waals surface area contributed by atoms with Crippen LogP contribution in [0, 0.1) is 5.41 Å². The van der Waals surface area contributed by atoms with Gasteiger partial charge in [-0.15, -0.1) is 0 Å². The molecular weight excluding hydrogens is 306 g/mol. The second kappa shape index (κ2) is 6.70. The average Bonchev–Trinajstić information content (AvgIpc) is 2.49. The lowest BCUT2D eigenvalue weighted by atomic mass is 9.79. The van der Waals surface area contributed by atoms with Crippen molar-refractivity contribution >= 4 is 5.91 Å². The number of amides is 1. The minimum absolute atomic E-state index is 0.00589. The molecule has 1 fully saturated rings. The SMILES string of the molecule is COc1cccc(C(=O)N2CCC(N)C(C)(C)C2)c1OC(F)F. The molecule has 7 heteroatoms. The van der Waals surface area contributed by atoms with Crippen molar-refractivity contribution in [3.8, 4) is 11.5 Å². The number of methoxy groups -OCH3 is 1.